The predicted molar refractivity (Wildman–Crippen MR) is 106 cm³/mol. The molecule has 3 aromatic heterocycles. The number of amides is 1. The molecule has 0 bridgehead atoms. The van der Waals surface area contributed by atoms with E-state index in [1.807, 2.05) is 18.3 Å². The van der Waals surface area contributed by atoms with E-state index in [0.717, 1.165) is 42.3 Å². The second-order valence-corrected chi connectivity index (χ2v) is 7.54. The molecule has 0 saturated carbocycles. The van der Waals surface area contributed by atoms with E-state index in [9.17, 15) is 4.79 Å². The number of pyridine rings is 2. The van der Waals surface area contributed by atoms with Crippen LogP contribution in [0.3, 0.4) is 0 Å². The number of anilines is 2. The molecule has 0 aromatic carbocycles. The van der Waals surface area contributed by atoms with Crippen molar-refractivity contribution in [2.24, 2.45) is 0 Å². The van der Waals surface area contributed by atoms with Crippen LogP contribution >= 0.6 is 11.3 Å². The molecule has 1 aliphatic rings. The molecule has 27 heavy (non-hydrogen) atoms. The molecule has 9 heteroatoms. The highest BCUT2D eigenvalue weighted by atomic mass is 32.1. The number of fused-ring (bicyclic) bond motifs is 1. The number of piperazine rings is 1. The molecule has 1 saturated heterocycles. The molecule has 1 fully saturated rings. The number of nitrogens with one attached hydrogen (secondary N) is 1. The van der Waals surface area contributed by atoms with E-state index in [2.05, 4.69) is 48.3 Å². The van der Waals surface area contributed by atoms with Gasteiger partial charge in [-0.15, -0.1) is 10.2 Å². The van der Waals surface area contributed by atoms with Crippen molar-refractivity contribution < 1.29 is 4.79 Å². The monoisotopic (exact) mass is 383 g/mol. The molecule has 1 aliphatic heterocycles. The van der Waals surface area contributed by atoms with Gasteiger partial charge in [-0.2, -0.15) is 0 Å². The van der Waals surface area contributed by atoms with Crippen LogP contribution in [-0.4, -0.2) is 57.2 Å². The van der Waals surface area contributed by atoms with Crippen LogP contribution in [0.2, 0.25) is 0 Å². The molecular weight excluding hydrogens is 362 g/mol. The summed E-state index contributed by atoms with van der Waals surface area (Å²) in [4.78, 5) is 24.7. The fraction of sp³-hybridized carbons (Fsp3) is 0.389. The first-order valence-corrected chi connectivity index (χ1v) is 9.72. The van der Waals surface area contributed by atoms with Crippen LogP contribution in [0, 0.1) is 0 Å². The normalized spacial score (nSPS) is 16.4. The third-order valence-corrected chi connectivity index (χ3v) is 5.68. The summed E-state index contributed by atoms with van der Waals surface area (Å²) in [5.74, 6) is -0.130. The van der Waals surface area contributed by atoms with E-state index in [0.29, 0.717) is 5.13 Å². The lowest BCUT2D eigenvalue weighted by molar-refractivity contribution is -0.114. The zero-order valence-corrected chi connectivity index (χ0v) is 16.1. The zero-order chi connectivity index (χ0) is 18.8. The van der Waals surface area contributed by atoms with Gasteiger partial charge in [0, 0.05) is 51.5 Å². The minimum Gasteiger partial charge on any atom is -0.344 e. The molecular formula is C18H21N7OS. The van der Waals surface area contributed by atoms with Crippen LogP contribution < -0.4 is 10.2 Å². The van der Waals surface area contributed by atoms with Crippen LogP contribution in [0.4, 0.5) is 10.3 Å². The molecule has 0 aliphatic carbocycles. The minimum atomic E-state index is -0.130. The van der Waals surface area contributed by atoms with Crippen LogP contribution in [-0.2, 0) is 4.79 Å². The first-order valence-electron chi connectivity index (χ1n) is 8.91. The van der Waals surface area contributed by atoms with Gasteiger partial charge in [0.15, 0.2) is 0 Å². The van der Waals surface area contributed by atoms with Crippen LogP contribution in [0.1, 0.15) is 25.5 Å². The fourth-order valence-electron chi connectivity index (χ4n) is 3.25. The number of hydrogen-bond acceptors (Lipinski definition) is 8. The quantitative estimate of drug-likeness (QED) is 0.740. The van der Waals surface area contributed by atoms with Crippen molar-refractivity contribution in [1.82, 2.24) is 25.1 Å². The molecule has 4 rings (SSSR count). The maximum Gasteiger partial charge on any atom is 0.223 e. The van der Waals surface area contributed by atoms with Crippen LogP contribution in [0.25, 0.3) is 11.0 Å². The number of hydrogen-bond donors (Lipinski definition) is 1. The Bertz CT molecular complexity index is 952. The number of carbonyl (C=O) groups excluding carboxylic acids is 1. The second kappa shape index (κ2) is 7.53. The van der Waals surface area contributed by atoms with E-state index in [4.69, 9.17) is 0 Å². The summed E-state index contributed by atoms with van der Waals surface area (Å²) in [5, 5.41) is 12.3. The van der Waals surface area contributed by atoms with Crippen molar-refractivity contribution in [3.63, 3.8) is 0 Å². The lowest BCUT2D eigenvalue weighted by atomic mass is 10.1. The Hall–Kier alpha value is -2.65. The van der Waals surface area contributed by atoms with Crippen molar-refractivity contribution in [2.45, 2.75) is 19.9 Å². The van der Waals surface area contributed by atoms with E-state index in [-0.39, 0.29) is 11.9 Å². The van der Waals surface area contributed by atoms with Gasteiger partial charge in [-0.25, -0.2) is 0 Å². The summed E-state index contributed by atoms with van der Waals surface area (Å²) in [6, 6.07) is 6.29. The summed E-state index contributed by atoms with van der Waals surface area (Å²) >= 11 is 1.41. The molecule has 1 amide bonds. The minimum absolute atomic E-state index is 0.130. The van der Waals surface area contributed by atoms with Crippen molar-refractivity contribution in [2.75, 3.05) is 36.4 Å². The SMILES string of the molecule is CC(=O)Nc1nnc(N2CCN([C@@H](C)c3cnc4cccnc4c3)CC2)s1. The Morgan fingerprint density at radius 1 is 1.19 bits per heavy atom. The Balaban J connectivity index is 1.40. The number of aromatic nitrogens is 4. The summed E-state index contributed by atoms with van der Waals surface area (Å²) < 4.78 is 0. The standard InChI is InChI=1S/C18H21N7OS/c1-12(14-10-16-15(20-11-14)4-3-5-19-16)24-6-8-25(9-7-24)18-23-22-17(27-18)21-13(2)26/h3-5,10-12H,6-9H2,1-2H3,(H,21,22,26)/t12-/m0/s1. The van der Waals surface area contributed by atoms with Gasteiger partial charge in [0.05, 0.1) is 11.0 Å². The van der Waals surface area contributed by atoms with Crippen LogP contribution in [0.5, 0.6) is 0 Å². The van der Waals surface area contributed by atoms with E-state index in [1.54, 1.807) is 6.20 Å². The largest absolute Gasteiger partial charge is 0.344 e. The maximum atomic E-state index is 11.1. The predicted octanol–water partition coefficient (Wildman–Crippen LogP) is 2.32. The van der Waals surface area contributed by atoms with Crippen LogP contribution in [0.15, 0.2) is 30.6 Å². The lowest BCUT2D eigenvalue weighted by Gasteiger charge is -2.37. The third kappa shape index (κ3) is 3.88. The van der Waals surface area contributed by atoms with Gasteiger partial charge in [-0.3, -0.25) is 19.7 Å². The van der Waals surface area contributed by atoms with E-state index in [1.165, 1.54) is 23.8 Å². The first-order chi connectivity index (χ1) is 13.1. The zero-order valence-electron chi connectivity index (χ0n) is 15.3. The topological polar surface area (TPSA) is 87.1 Å². The molecule has 3 aromatic rings. The summed E-state index contributed by atoms with van der Waals surface area (Å²) in [7, 11) is 0. The molecule has 1 atom stereocenters. The van der Waals surface area contributed by atoms with Gasteiger partial charge in [0.2, 0.25) is 16.2 Å². The molecule has 8 nitrogen and oxygen atoms in total. The molecule has 0 radical (unpaired) electrons. The van der Waals surface area contributed by atoms with Crippen molar-refractivity contribution >= 4 is 38.5 Å². The first kappa shape index (κ1) is 17.7. The van der Waals surface area contributed by atoms with Gasteiger partial charge >= 0.3 is 0 Å². The van der Waals surface area contributed by atoms with Gasteiger partial charge in [-0.05, 0) is 30.7 Å². The summed E-state index contributed by atoms with van der Waals surface area (Å²) in [5.41, 5.74) is 3.03. The average Bonchev–Trinajstić information content (AvgIpc) is 3.15. The molecule has 140 valence electrons. The highest BCUT2D eigenvalue weighted by Gasteiger charge is 2.24. The van der Waals surface area contributed by atoms with Gasteiger partial charge < -0.3 is 10.2 Å². The Morgan fingerprint density at radius 2 is 2.00 bits per heavy atom. The fourth-order valence-corrected chi connectivity index (χ4v) is 4.10. The van der Waals surface area contributed by atoms with Crippen molar-refractivity contribution in [1.29, 1.82) is 0 Å². The summed E-state index contributed by atoms with van der Waals surface area (Å²) in [6.07, 6.45) is 3.75. The average molecular weight is 383 g/mol. The highest BCUT2D eigenvalue weighted by molar-refractivity contribution is 7.19. The Kier molecular flexibility index (Phi) is 4.95. The smallest absolute Gasteiger partial charge is 0.223 e. The third-order valence-electron chi connectivity index (χ3n) is 4.78. The lowest BCUT2D eigenvalue weighted by Crippen LogP contribution is -2.47. The van der Waals surface area contributed by atoms with Gasteiger partial charge in [-0.1, -0.05) is 11.3 Å². The number of carbonyl (C=O) groups is 1. The maximum absolute atomic E-state index is 11.1. The van der Waals surface area contributed by atoms with Crippen molar-refractivity contribution in [3.8, 4) is 0 Å². The molecule has 1 N–H and O–H groups in total. The van der Waals surface area contributed by atoms with Gasteiger partial charge in [0.25, 0.3) is 0 Å². The van der Waals surface area contributed by atoms with E-state index < -0.39 is 0 Å². The number of nitrogens with zero attached hydrogens (tertiary/aromatic N) is 6. The second-order valence-electron chi connectivity index (χ2n) is 6.58. The molecule has 4 heterocycles. The van der Waals surface area contributed by atoms with Crippen molar-refractivity contribution in [3.05, 3.63) is 36.2 Å². The Labute approximate surface area is 161 Å². The number of rotatable bonds is 4. The summed E-state index contributed by atoms with van der Waals surface area (Å²) in [6.45, 7) is 7.28. The van der Waals surface area contributed by atoms with E-state index >= 15 is 0 Å². The molecule has 0 unspecified atom stereocenters. The highest BCUT2D eigenvalue weighted by Crippen LogP contribution is 2.28. The van der Waals surface area contributed by atoms with Gasteiger partial charge in [0.1, 0.15) is 0 Å². The molecule has 0 spiro atoms. The Morgan fingerprint density at radius 3 is 2.78 bits per heavy atom.